The first-order valence-electron chi connectivity index (χ1n) is 9.37. The number of aromatic nitrogens is 3. The van der Waals surface area contributed by atoms with E-state index >= 15 is 0 Å². The lowest BCUT2D eigenvalue weighted by molar-refractivity contribution is -0.123. The van der Waals surface area contributed by atoms with Crippen molar-refractivity contribution in [2.45, 2.75) is 51.0 Å². The highest BCUT2D eigenvalue weighted by Crippen LogP contribution is 2.37. The molecule has 1 amide bonds. The van der Waals surface area contributed by atoms with Gasteiger partial charge in [0.25, 0.3) is 0 Å². The third kappa shape index (κ3) is 3.67. The monoisotopic (exact) mass is 384 g/mol. The number of rotatable bonds is 6. The van der Waals surface area contributed by atoms with Gasteiger partial charge in [0.15, 0.2) is 17.5 Å². The second kappa shape index (κ2) is 7.53. The molecule has 7 nitrogen and oxygen atoms in total. The van der Waals surface area contributed by atoms with Crippen molar-refractivity contribution in [3.05, 3.63) is 53.9 Å². The van der Waals surface area contributed by atoms with Crippen LogP contribution in [0.15, 0.2) is 39.4 Å². The Morgan fingerprint density at radius 3 is 2.79 bits per heavy atom. The predicted molar refractivity (Wildman–Crippen MR) is 97.5 cm³/mol. The van der Waals surface area contributed by atoms with E-state index in [1.165, 1.54) is 12.3 Å². The van der Waals surface area contributed by atoms with Gasteiger partial charge in [0, 0.05) is 19.8 Å². The molecule has 0 aliphatic heterocycles. The maximum absolute atomic E-state index is 13.9. The highest BCUT2D eigenvalue weighted by molar-refractivity contribution is 5.77. The van der Waals surface area contributed by atoms with Crippen LogP contribution in [0.2, 0.25) is 0 Å². The summed E-state index contributed by atoms with van der Waals surface area (Å²) in [6, 6.07) is 6.34. The van der Waals surface area contributed by atoms with Gasteiger partial charge in [-0.15, -0.1) is 0 Å². The number of nitrogens with one attached hydrogen (secondary N) is 1. The van der Waals surface area contributed by atoms with Crippen LogP contribution in [-0.4, -0.2) is 21.0 Å². The van der Waals surface area contributed by atoms with E-state index in [0.717, 1.165) is 25.7 Å². The van der Waals surface area contributed by atoms with Crippen molar-refractivity contribution in [1.82, 2.24) is 20.4 Å². The molecular formula is C20H21FN4O3. The molecule has 1 saturated carbocycles. The van der Waals surface area contributed by atoms with Gasteiger partial charge >= 0.3 is 0 Å². The van der Waals surface area contributed by atoms with Gasteiger partial charge < -0.3 is 14.3 Å². The standard InChI is InChI=1S/C20H21FN4O3/c1-13-23-19(25-28-13)20(10-4-5-11-20)24-17(26)8-9-18-22-12-16(27-18)14-6-2-3-7-15(14)21/h2-3,6-7,12H,4-5,8-11H2,1H3,(H,24,26). The third-order valence-electron chi connectivity index (χ3n) is 5.05. The number of halogens is 1. The fourth-order valence-corrected chi connectivity index (χ4v) is 3.64. The van der Waals surface area contributed by atoms with Crippen LogP contribution < -0.4 is 5.32 Å². The minimum absolute atomic E-state index is 0.130. The van der Waals surface area contributed by atoms with Crippen molar-refractivity contribution in [1.29, 1.82) is 0 Å². The van der Waals surface area contributed by atoms with E-state index in [2.05, 4.69) is 20.4 Å². The molecule has 0 saturated heterocycles. The van der Waals surface area contributed by atoms with Crippen LogP contribution in [0.3, 0.4) is 0 Å². The molecule has 1 N–H and O–H groups in total. The Hall–Kier alpha value is -3.03. The molecule has 0 spiro atoms. The minimum Gasteiger partial charge on any atom is -0.441 e. The lowest BCUT2D eigenvalue weighted by Crippen LogP contribution is -2.44. The van der Waals surface area contributed by atoms with Crippen molar-refractivity contribution in [3.8, 4) is 11.3 Å². The number of amides is 1. The number of oxazole rings is 1. The molecule has 0 unspecified atom stereocenters. The Morgan fingerprint density at radius 1 is 1.29 bits per heavy atom. The number of carbonyl (C=O) groups excluding carboxylic acids is 1. The van der Waals surface area contributed by atoms with Gasteiger partial charge in [0.2, 0.25) is 11.8 Å². The van der Waals surface area contributed by atoms with Crippen LogP contribution in [0.4, 0.5) is 4.39 Å². The molecule has 146 valence electrons. The van der Waals surface area contributed by atoms with Gasteiger partial charge in [-0.05, 0) is 25.0 Å². The summed E-state index contributed by atoms with van der Waals surface area (Å²) >= 11 is 0. The molecule has 1 aromatic carbocycles. The summed E-state index contributed by atoms with van der Waals surface area (Å²) in [5, 5.41) is 7.11. The molecule has 2 aromatic heterocycles. The minimum atomic E-state index is -0.566. The zero-order chi connectivity index (χ0) is 19.6. The third-order valence-corrected chi connectivity index (χ3v) is 5.05. The van der Waals surface area contributed by atoms with Crippen LogP contribution in [-0.2, 0) is 16.8 Å². The van der Waals surface area contributed by atoms with Gasteiger partial charge in [-0.1, -0.05) is 30.1 Å². The summed E-state index contributed by atoms with van der Waals surface area (Å²) in [4.78, 5) is 21.0. The van der Waals surface area contributed by atoms with Crippen molar-refractivity contribution in [2.24, 2.45) is 0 Å². The van der Waals surface area contributed by atoms with Crippen LogP contribution in [0.5, 0.6) is 0 Å². The molecule has 1 fully saturated rings. The summed E-state index contributed by atoms with van der Waals surface area (Å²) in [6.07, 6.45) is 5.57. The molecule has 3 aromatic rings. The number of nitrogens with zero attached hydrogens (tertiary/aromatic N) is 3. The normalized spacial score (nSPS) is 15.6. The first-order valence-corrected chi connectivity index (χ1v) is 9.37. The van der Waals surface area contributed by atoms with Crippen LogP contribution in [0.1, 0.15) is 49.7 Å². The molecule has 1 aliphatic rings. The molecule has 2 heterocycles. The Morgan fingerprint density at radius 2 is 2.07 bits per heavy atom. The molecule has 4 rings (SSSR count). The zero-order valence-electron chi connectivity index (χ0n) is 15.6. The molecule has 0 radical (unpaired) electrons. The van der Waals surface area contributed by atoms with E-state index in [1.807, 2.05) is 0 Å². The maximum Gasteiger partial charge on any atom is 0.223 e. The molecule has 28 heavy (non-hydrogen) atoms. The Kier molecular flexibility index (Phi) is 4.93. The van der Waals surface area contributed by atoms with Gasteiger partial charge in [0.05, 0.1) is 11.8 Å². The zero-order valence-corrected chi connectivity index (χ0v) is 15.6. The Balaban J connectivity index is 1.40. The average molecular weight is 384 g/mol. The number of benzene rings is 1. The van der Waals surface area contributed by atoms with Gasteiger partial charge in [-0.3, -0.25) is 4.79 Å². The molecule has 0 atom stereocenters. The fraction of sp³-hybridized carbons (Fsp3) is 0.400. The summed E-state index contributed by atoms with van der Waals surface area (Å²) < 4.78 is 24.6. The second-order valence-electron chi connectivity index (χ2n) is 7.07. The first-order chi connectivity index (χ1) is 13.6. The summed E-state index contributed by atoms with van der Waals surface area (Å²) in [5.41, 5.74) is -0.216. The SMILES string of the molecule is Cc1nc(C2(NC(=O)CCc3ncc(-c4ccccc4F)o3)CCCC2)no1. The van der Waals surface area contributed by atoms with Gasteiger partial charge in [0.1, 0.15) is 11.4 Å². The average Bonchev–Trinajstić information content (AvgIpc) is 3.42. The lowest BCUT2D eigenvalue weighted by Gasteiger charge is -2.26. The van der Waals surface area contributed by atoms with E-state index in [1.54, 1.807) is 25.1 Å². The lowest BCUT2D eigenvalue weighted by atomic mass is 9.96. The van der Waals surface area contributed by atoms with E-state index in [0.29, 0.717) is 35.4 Å². The summed E-state index contributed by atoms with van der Waals surface area (Å²) in [5.74, 6) is 1.26. The van der Waals surface area contributed by atoms with E-state index < -0.39 is 5.54 Å². The summed E-state index contributed by atoms with van der Waals surface area (Å²) in [7, 11) is 0. The fourth-order valence-electron chi connectivity index (χ4n) is 3.64. The topological polar surface area (TPSA) is 94.1 Å². The van der Waals surface area contributed by atoms with Crippen molar-refractivity contribution in [2.75, 3.05) is 0 Å². The van der Waals surface area contributed by atoms with Crippen LogP contribution >= 0.6 is 0 Å². The number of hydrogen-bond acceptors (Lipinski definition) is 6. The molecular weight excluding hydrogens is 363 g/mol. The maximum atomic E-state index is 13.9. The molecule has 1 aliphatic carbocycles. The highest BCUT2D eigenvalue weighted by Gasteiger charge is 2.41. The Bertz CT molecular complexity index is 975. The van der Waals surface area contributed by atoms with Gasteiger partial charge in [-0.2, -0.15) is 4.98 Å². The Labute approximate surface area is 161 Å². The smallest absolute Gasteiger partial charge is 0.223 e. The largest absolute Gasteiger partial charge is 0.441 e. The quantitative estimate of drug-likeness (QED) is 0.697. The number of carbonyl (C=O) groups is 1. The van der Waals surface area contributed by atoms with E-state index in [4.69, 9.17) is 8.94 Å². The molecule has 0 bridgehead atoms. The number of hydrogen-bond donors (Lipinski definition) is 1. The van der Waals surface area contributed by atoms with Crippen LogP contribution in [0, 0.1) is 12.7 Å². The van der Waals surface area contributed by atoms with Crippen LogP contribution in [0.25, 0.3) is 11.3 Å². The van der Waals surface area contributed by atoms with Gasteiger partial charge in [-0.25, -0.2) is 9.37 Å². The predicted octanol–water partition coefficient (Wildman–Crippen LogP) is 3.69. The second-order valence-corrected chi connectivity index (χ2v) is 7.07. The number of aryl methyl sites for hydroxylation is 2. The van der Waals surface area contributed by atoms with Crippen molar-refractivity contribution < 1.29 is 18.1 Å². The van der Waals surface area contributed by atoms with E-state index in [9.17, 15) is 9.18 Å². The van der Waals surface area contributed by atoms with Crippen molar-refractivity contribution in [3.63, 3.8) is 0 Å². The highest BCUT2D eigenvalue weighted by atomic mass is 19.1. The first kappa shape index (κ1) is 18.3. The molecule has 8 heteroatoms. The summed E-state index contributed by atoms with van der Waals surface area (Å²) in [6.45, 7) is 1.73. The van der Waals surface area contributed by atoms with Crippen molar-refractivity contribution >= 4 is 5.91 Å². The van der Waals surface area contributed by atoms with E-state index in [-0.39, 0.29) is 18.1 Å².